The van der Waals surface area contributed by atoms with E-state index in [9.17, 15) is 9.59 Å². The van der Waals surface area contributed by atoms with Gasteiger partial charge >= 0.3 is 12.1 Å². The number of rotatable bonds is 5. The Balaban J connectivity index is 4.64. The van der Waals surface area contributed by atoms with E-state index in [-0.39, 0.29) is 11.3 Å². The highest BCUT2D eigenvalue weighted by molar-refractivity contribution is 5.81. The summed E-state index contributed by atoms with van der Waals surface area (Å²) in [5.74, 6) is -0.156. The highest BCUT2D eigenvalue weighted by Crippen LogP contribution is 2.15. The third-order valence-corrected chi connectivity index (χ3v) is 2.33. The fourth-order valence-corrected chi connectivity index (χ4v) is 1.52. The summed E-state index contributed by atoms with van der Waals surface area (Å²) in [4.78, 5) is 23.9. The van der Waals surface area contributed by atoms with Gasteiger partial charge in [0.25, 0.3) is 0 Å². The lowest BCUT2D eigenvalue weighted by Gasteiger charge is -2.25. The largest absolute Gasteiger partial charge is 0.464 e. The molecule has 0 rings (SSSR count). The number of esters is 1. The second-order valence-electron chi connectivity index (χ2n) is 8.00. The molecule has 1 unspecified atom stereocenters. The maximum atomic E-state index is 12.1. The van der Waals surface area contributed by atoms with Crippen molar-refractivity contribution in [3.05, 3.63) is 0 Å². The topological polar surface area (TPSA) is 64.6 Å². The van der Waals surface area contributed by atoms with Gasteiger partial charge in [0.15, 0.2) is 0 Å². The lowest BCUT2D eigenvalue weighted by molar-refractivity contribution is -0.149. The molecular weight excluding hydrogens is 270 g/mol. The van der Waals surface area contributed by atoms with Crippen molar-refractivity contribution in [1.29, 1.82) is 0 Å². The molecule has 0 fully saturated rings. The minimum Gasteiger partial charge on any atom is -0.464 e. The zero-order valence-electron chi connectivity index (χ0n) is 14.7. The van der Waals surface area contributed by atoms with Gasteiger partial charge in [-0.05, 0) is 38.5 Å². The first-order valence-electron chi connectivity index (χ1n) is 7.46. The van der Waals surface area contributed by atoms with Crippen LogP contribution in [-0.2, 0) is 14.3 Å². The van der Waals surface area contributed by atoms with Crippen LogP contribution in [0, 0.1) is 11.3 Å². The second-order valence-corrected chi connectivity index (χ2v) is 8.00. The van der Waals surface area contributed by atoms with Gasteiger partial charge in [0, 0.05) is 0 Å². The lowest BCUT2D eigenvalue weighted by atomic mass is 9.98. The molecule has 5 nitrogen and oxygen atoms in total. The molecule has 1 atom stereocenters. The first-order valence-corrected chi connectivity index (χ1v) is 7.46. The number of nitrogens with one attached hydrogen (secondary N) is 1. The fourth-order valence-electron chi connectivity index (χ4n) is 1.52. The molecule has 1 N–H and O–H groups in total. The minimum absolute atomic E-state index is 0.107. The van der Waals surface area contributed by atoms with E-state index in [0.29, 0.717) is 13.0 Å². The van der Waals surface area contributed by atoms with Crippen molar-refractivity contribution in [2.45, 2.75) is 73.5 Å². The number of alkyl carbamates (subject to hydrolysis) is 1. The summed E-state index contributed by atoms with van der Waals surface area (Å²) >= 11 is 0. The van der Waals surface area contributed by atoms with Gasteiger partial charge in [-0.25, -0.2) is 9.59 Å². The van der Waals surface area contributed by atoms with Gasteiger partial charge in [0.1, 0.15) is 11.6 Å². The van der Waals surface area contributed by atoms with E-state index < -0.39 is 23.7 Å². The van der Waals surface area contributed by atoms with Crippen LogP contribution in [0.4, 0.5) is 4.79 Å². The standard InChI is InChI=1S/C16H31NO4/c1-11(2)9-12(13(18)20-10-15(3,4)5)17-14(19)21-16(6,7)8/h11-12H,9-10H2,1-8H3,(H,17,19). The number of amides is 1. The van der Waals surface area contributed by atoms with Gasteiger partial charge in [0.2, 0.25) is 0 Å². The number of hydrogen-bond donors (Lipinski definition) is 1. The van der Waals surface area contributed by atoms with Crippen LogP contribution >= 0.6 is 0 Å². The quantitative estimate of drug-likeness (QED) is 0.789. The van der Waals surface area contributed by atoms with E-state index in [1.165, 1.54) is 0 Å². The molecule has 0 aromatic carbocycles. The molecule has 0 aliphatic carbocycles. The summed E-state index contributed by atoms with van der Waals surface area (Å²) < 4.78 is 10.5. The summed E-state index contributed by atoms with van der Waals surface area (Å²) in [6, 6.07) is -0.679. The van der Waals surface area contributed by atoms with Crippen LogP contribution in [0.25, 0.3) is 0 Å². The maximum absolute atomic E-state index is 12.1. The van der Waals surface area contributed by atoms with Crippen molar-refractivity contribution in [2.24, 2.45) is 11.3 Å². The Morgan fingerprint density at radius 1 is 1.05 bits per heavy atom. The van der Waals surface area contributed by atoms with E-state index >= 15 is 0 Å². The van der Waals surface area contributed by atoms with E-state index in [0.717, 1.165) is 0 Å². The Hall–Kier alpha value is -1.26. The van der Waals surface area contributed by atoms with Crippen LogP contribution in [0.1, 0.15) is 61.8 Å². The highest BCUT2D eigenvalue weighted by Gasteiger charge is 2.27. The molecule has 0 heterocycles. The molecular formula is C16H31NO4. The number of carbonyl (C=O) groups is 2. The van der Waals surface area contributed by atoms with Crippen LogP contribution in [-0.4, -0.2) is 30.3 Å². The SMILES string of the molecule is CC(C)CC(NC(=O)OC(C)(C)C)C(=O)OCC(C)(C)C. The predicted octanol–water partition coefficient (Wildman–Crippen LogP) is 3.52. The van der Waals surface area contributed by atoms with E-state index in [1.54, 1.807) is 20.8 Å². The van der Waals surface area contributed by atoms with Crippen molar-refractivity contribution in [1.82, 2.24) is 5.32 Å². The summed E-state index contributed by atoms with van der Waals surface area (Å²) in [6.07, 6.45) is -0.0803. The number of hydrogen-bond acceptors (Lipinski definition) is 4. The maximum Gasteiger partial charge on any atom is 0.408 e. The summed E-state index contributed by atoms with van der Waals surface area (Å²) in [5.41, 5.74) is -0.703. The molecule has 0 aliphatic heterocycles. The molecule has 0 bridgehead atoms. The predicted molar refractivity (Wildman–Crippen MR) is 83.0 cm³/mol. The van der Waals surface area contributed by atoms with Gasteiger partial charge < -0.3 is 14.8 Å². The number of carbonyl (C=O) groups excluding carboxylic acids is 2. The van der Waals surface area contributed by atoms with Crippen molar-refractivity contribution < 1.29 is 19.1 Å². The molecule has 21 heavy (non-hydrogen) atoms. The zero-order valence-corrected chi connectivity index (χ0v) is 14.7. The van der Waals surface area contributed by atoms with E-state index in [1.807, 2.05) is 34.6 Å². The highest BCUT2D eigenvalue weighted by atomic mass is 16.6. The monoisotopic (exact) mass is 301 g/mol. The van der Waals surface area contributed by atoms with Gasteiger partial charge in [-0.3, -0.25) is 0 Å². The van der Waals surface area contributed by atoms with Crippen molar-refractivity contribution in [3.8, 4) is 0 Å². The average Bonchev–Trinajstić information content (AvgIpc) is 2.20. The molecule has 0 saturated carbocycles. The molecule has 0 saturated heterocycles. The van der Waals surface area contributed by atoms with Crippen LogP contribution < -0.4 is 5.32 Å². The molecule has 5 heteroatoms. The lowest BCUT2D eigenvalue weighted by Crippen LogP contribution is -2.45. The van der Waals surface area contributed by atoms with E-state index in [2.05, 4.69) is 5.32 Å². The van der Waals surface area contributed by atoms with E-state index in [4.69, 9.17) is 9.47 Å². The molecule has 0 aliphatic rings. The third kappa shape index (κ3) is 11.1. The average molecular weight is 301 g/mol. The molecule has 124 valence electrons. The molecule has 0 radical (unpaired) electrons. The first kappa shape index (κ1) is 19.7. The summed E-state index contributed by atoms with van der Waals surface area (Å²) in [5, 5.41) is 2.61. The zero-order chi connectivity index (χ0) is 16.8. The van der Waals surface area contributed by atoms with Crippen molar-refractivity contribution in [2.75, 3.05) is 6.61 Å². The first-order chi connectivity index (χ1) is 9.30. The molecule has 0 spiro atoms. The minimum atomic E-state index is -0.679. The van der Waals surface area contributed by atoms with Gasteiger partial charge in [-0.2, -0.15) is 0 Å². The second kappa shape index (κ2) is 7.66. The Morgan fingerprint density at radius 2 is 1.57 bits per heavy atom. The molecule has 0 aromatic rings. The Labute approximate surface area is 128 Å². The van der Waals surface area contributed by atoms with Gasteiger partial charge in [-0.15, -0.1) is 0 Å². The Bertz CT molecular complexity index is 350. The van der Waals surface area contributed by atoms with Crippen LogP contribution in [0.2, 0.25) is 0 Å². The third-order valence-electron chi connectivity index (χ3n) is 2.33. The van der Waals surface area contributed by atoms with Gasteiger partial charge in [0.05, 0.1) is 6.61 Å². The molecule has 1 amide bonds. The Kier molecular flexibility index (Phi) is 7.20. The fraction of sp³-hybridized carbons (Fsp3) is 0.875. The summed E-state index contributed by atoms with van der Waals surface area (Å²) in [7, 11) is 0. The molecule has 0 aromatic heterocycles. The summed E-state index contributed by atoms with van der Waals surface area (Å²) in [6.45, 7) is 15.6. The van der Waals surface area contributed by atoms with Crippen molar-refractivity contribution in [3.63, 3.8) is 0 Å². The number of ether oxygens (including phenoxy) is 2. The smallest absolute Gasteiger partial charge is 0.408 e. The Morgan fingerprint density at radius 3 is 1.95 bits per heavy atom. The van der Waals surface area contributed by atoms with Crippen LogP contribution in [0.3, 0.4) is 0 Å². The van der Waals surface area contributed by atoms with Gasteiger partial charge in [-0.1, -0.05) is 34.6 Å². The van der Waals surface area contributed by atoms with Crippen LogP contribution in [0.5, 0.6) is 0 Å². The normalized spacial score (nSPS) is 13.8. The van der Waals surface area contributed by atoms with Crippen molar-refractivity contribution >= 4 is 12.1 Å². The van der Waals surface area contributed by atoms with Crippen LogP contribution in [0.15, 0.2) is 0 Å².